The van der Waals surface area contributed by atoms with Gasteiger partial charge in [0, 0.05) is 26.0 Å². The second-order valence-electron chi connectivity index (χ2n) is 4.36. The molecule has 0 saturated carbocycles. The van der Waals surface area contributed by atoms with Crippen molar-refractivity contribution in [1.82, 2.24) is 4.98 Å². The van der Waals surface area contributed by atoms with E-state index in [0.717, 1.165) is 31.0 Å². The van der Waals surface area contributed by atoms with Gasteiger partial charge in [0.15, 0.2) is 0 Å². The molecule has 0 spiro atoms. The van der Waals surface area contributed by atoms with Gasteiger partial charge in [0.1, 0.15) is 6.10 Å². The minimum absolute atomic E-state index is 0.635. The average molecular weight is 381 g/mol. The molecule has 1 heterocycles. The van der Waals surface area contributed by atoms with E-state index in [9.17, 15) is 5.11 Å². The molecule has 1 aromatic heterocycles. The number of aromatic amines is 1. The van der Waals surface area contributed by atoms with Crippen molar-refractivity contribution in [2.75, 3.05) is 0 Å². The normalized spacial score (nSPS) is 12.8. The zero-order chi connectivity index (χ0) is 13.4. The minimum atomic E-state index is -0.635. The number of H-pyrrole nitrogens is 1. The summed E-state index contributed by atoms with van der Waals surface area (Å²) in [6.07, 6.45) is 1.25. The molecule has 4 heteroatoms. The largest absolute Gasteiger partial charge is 0.384 e. The maximum Gasteiger partial charge on any atom is 0.105 e. The lowest BCUT2D eigenvalue weighted by molar-refractivity contribution is 0.222. The zero-order valence-corrected chi connectivity index (χ0v) is 13.1. The predicted molar refractivity (Wildman–Crippen MR) is 84.2 cm³/mol. The lowest BCUT2D eigenvalue weighted by atomic mass is 9.98. The summed E-state index contributed by atoms with van der Waals surface area (Å²) in [5.41, 5.74) is 2.81. The first-order valence-electron chi connectivity index (χ1n) is 5.86. The summed E-state index contributed by atoms with van der Waals surface area (Å²) >= 11 is 6.90. The van der Waals surface area contributed by atoms with Crippen LogP contribution in [-0.2, 0) is 0 Å². The van der Waals surface area contributed by atoms with E-state index >= 15 is 0 Å². The van der Waals surface area contributed by atoms with Gasteiger partial charge >= 0.3 is 0 Å². The lowest BCUT2D eigenvalue weighted by Gasteiger charge is -2.13. The highest BCUT2D eigenvalue weighted by Crippen LogP contribution is 2.32. The summed E-state index contributed by atoms with van der Waals surface area (Å²) in [5, 5.41) is 11.6. The summed E-state index contributed by atoms with van der Waals surface area (Å²) in [6, 6.07) is 13.7. The summed E-state index contributed by atoms with van der Waals surface area (Å²) in [6.45, 7) is 0. The fourth-order valence-corrected chi connectivity index (χ4v) is 2.85. The lowest BCUT2D eigenvalue weighted by Crippen LogP contribution is -2.00. The molecule has 2 N–H and O–H groups in total. The SMILES string of the molecule is OC(c1ccc(Br)c(Br)c1)c1cccc2[nH]ccc12. The van der Waals surface area contributed by atoms with Gasteiger partial charge < -0.3 is 10.1 Å². The number of aromatic nitrogens is 1. The number of rotatable bonds is 2. The van der Waals surface area contributed by atoms with Gasteiger partial charge in [-0.25, -0.2) is 0 Å². The van der Waals surface area contributed by atoms with Crippen LogP contribution in [0.3, 0.4) is 0 Å². The van der Waals surface area contributed by atoms with Crippen molar-refractivity contribution in [3.05, 3.63) is 68.7 Å². The number of nitrogens with one attached hydrogen (secondary N) is 1. The van der Waals surface area contributed by atoms with E-state index in [1.807, 2.05) is 48.7 Å². The smallest absolute Gasteiger partial charge is 0.105 e. The number of aliphatic hydroxyl groups is 1. The van der Waals surface area contributed by atoms with Gasteiger partial charge in [0.05, 0.1) is 0 Å². The highest BCUT2D eigenvalue weighted by molar-refractivity contribution is 9.13. The van der Waals surface area contributed by atoms with Crippen LogP contribution in [0.2, 0.25) is 0 Å². The van der Waals surface area contributed by atoms with Crippen molar-refractivity contribution < 1.29 is 5.11 Å². The van der Waals surface area contributed by atoms with Gasteiger partial charge in [-0.2, -0.15) is 0 Å². The Morgan fingerprint density at radius 1 is 1.00 bits per heavy atom. The van der Waals surface area contributed by atoms with E-state index in [-0.39, 0.29) is 0 Å². The van der Waals surface area contributed by atoms with Gasteiger partial charge in [-0.1, -0.05) is 18.2 Å². The molecular formula is C15H11Br2NO. The van der Waals surface area contributed by atoms with E-state index in [4.69, 9.17) is 0 Å². The van der Waals surface area contributed by atoms with Crippen LogP contribution in [0.25, 0.3) is 10.9 Å². The number of fused-ring (bicyclic) bond motifs is 1. The van der Waals surface area contributed by atoms with Gasteiger partial charge in [-0.05, 0) is 67.3 Å². The maximum absolute atomic E-state index is 10.6. The first-order chi connectivity index (χ1) is 9.16. The third kappa shape index (κ3) is 2.36. The van der Waals surface area contributed by atoms with E-state index in [0.29, 0.717) is 0 Å². The summed E-state index contributed by atoms with van der Waals surface area (Å²) in [5.74, 6) is 0. The topological polar surface area (TPSA) is 36.0 Å². The number of hydrogen-bond donors (Lipinski definition) is 2. The molecule has 96 valence electrons. The molecule has 3 aromatic rings. The molecule has 0 fully saturated rings. The second-order valence-corrected chi connectivity index (χ2v) is 6.07. The molecule has 0 radical (unpaired) electrons. The quantitative estimate of drug-likeness (QED) is 0.659. The minimum Gasteiger partial charge on any atom is -0.384 e. The Morgan fingerprint density at radius 3 is 2.63 bits per heavy atom. The highest BCUT2D eigenvalue weighted by atomic mass is 79.9. The van der Waals surface area contributed by atoms with Crippen molar-refractivity contribution in [1.29, 1.82) is 0 Å². The number of benzene rings is 2. The number of halogens is 2. The van der Waals surface area contributed by atoms with E-state index in [2.05, 4.69) is 36.8 Å². The van der Waals surface area contributed by atoms with Gasteiger partial charge in [-0.15, -0.1) is 0 Å². The van der Waals surface area contributed by atoms with Gasteiger partial charge in [0.25, 0.3) is 0 Å². The van der Waals surface area contributed by atoms with E-state index in [1.165, 1.54) is 0 Å². The molecule has 19 heavy (non-hydrogen) atoms. The van der Waals surface area contributed by atoms with Gasteiger partial charge in [0.2, 0.25) is 0 Å². The fourth-order valence-electron chi connectivity index (χ4n) is 2.21. The van der Waals surface area contributed by atoms with Crippen LogP contribution in [0.1, 0.15) is 17.2 Å². The molecular weight excluding hydrogens is 370 g/mol. The van der Waals surface area contributed by atoms with Crippen molar-refractivity contribution in [3.8, 4) is 0 Å². The molecule has 1 atom stereocenters. The fraction of sp³-hybridized carbons (Fsp3) is 0.0667. The summed E-state index contributed by atoms with van der Waals surface area (Å²) < 4.78 is 1.91. The predicted octanol–water partition coefficient (Wildman–Crippen LogP) is 4.77. The Hall–Kier alpha value is -1.10. The Balaban J connectivity index is 2.10. The molecule has 1 unspecified atom stereocenters. The van der Waals surface area contributed by atoms with E-state index < -0.39 is 6.10 Å². The molecule has 2 aromatic carbocycles. The van der Waals surface area contributed by atoms with Crippen molar-refractivity contribution in [3.63, 3.8) is 0 Å². The van der Waals surface area contributed by atoms with Crippen LogP contribution >= 0.6 is 31.9 Å². The Labute approximate surface area is 127 Å². The van der Waals surface area contributed by atoms with E-state index in [1.54, 1.807) is 0 Å². The number of hydrogen-bond acceptors (Lipinski definition) is 1. The Bertz CT molecular complexity index is 736. The Morgan fingerprint density at radius 2 is 1.84 bits per heavy atom. The van der Waals surface area contributed by atoms with Crippen LogP contribution < -0.4 is 0 Å². The van der Waals surface area contributed by atoms with Crippen LogP contribution in [0.4, 0.5) is 0 Å². The molecule has 0 aliphatic rings. The molecule has 0 aliphatic carbocycles. The maximum atomic E-state index is 10.6. The highest BCUT2D eigenvalue weighted by Gasteiger charge is 2.14. The zero-order valence-electron chi connectivity index (χ0n) is 9.90. The average Bonchev–Trinajstić information content (AvgIpc) is 2.89. The third-order valence-corrected chi connectivity index (χ3v) is 5.06. The molecule has 0 aliphatic heterocycles. The van der Waals surface area contributed by atoms with Crippen molar-refractivity contribution >= 4 is 42.8 Å². The summed E-state index contributed by atoms with van der Waals surface area (Å²) in [7, 11) is 0. The van der Waals surface area contributed by atoms with Crippen molar-refractivity contribution in [2.24, 2.45) is 0 Å². The molecule has 0 amide bonds. The first kappa shape index (κ1) is 12.9. The van der Waals surface area contributed by atoms with Crippen LogP contribution in [0.15, 0.2) is 57.6 Å². The second kappa shape index (κ2) is 5.12. The molecule has 3 rings (SSSR count). The molecule has 0 saturated heterocycles. The van der Waals surface area contributed by atoms with Crippen molar-refractivity contribution in [2.45, 2.75) is 6.10 Å². The van der Waals surface area contributed by atoms with Crippen LogP contribution in [-0.4, -0.2) is 10.1 Å². The van der Waals surface area contributed by atoms with Crippen LogP contribution in [0.5, 0.6) is 0 Å². The molecule has 2 nitrogen and oxygen atoms in total. The monoisotopic (exact) mass is 379 g/mol. The summed E-state index contributed by atoms with van der Waals surface area (Å²) in [4.78, 5) is 3.16. The number of aliphatic hydroxyl groups excluding tert-OH is 1. The Kier molecular flexibility index (Phi) is 3.48. The standard InChI is InChI=1S/C15H11Br2NO/c16-12-5-4-9(8-13(12)17)15(19)11-2-1-3-14-10(11)6-7-18-14/h1-8,15,18-19H. The molecule has 0 bridgehead atoms. The first-order valence-corrected chi connectivity index (χ1v) is 7.44. The van der Waals surface area contributed by atoms with Crippen LogP contribution in [0, 0.1) is 0 Å². The van der Waals surface area contributed by atoms with Gasteiger partial charge in [-0.3, -0.25) is 0 Å². The third-order valence-electron chi connectivity index (χ3n) is 3.18.